The molecule has 0 heterocycles. The number of aliphatic hydroxyl groups is 1. The van der Waals surface area contributed by atoms with Crippen molar-refractivity contribution < 1.29 is 80.2 Å². The number of esters is 4. The van der Waals surface area contributed by atoms with Crippen LogP contribution in [0.2, 0.25) is 0 Å². The van der Waals surface area contributed by atoms with Gasteiger partial charge in [-0.3, -0.25) is 37.3 Å². The molecule has 2 unspecified atom stereocenters. The van der Waals surface area contributed by atoms with Gasteiger partial charge >= 0.3 is 39.5 Å². The van der Waals surface area contributed by atoms with E-state index in [4.69, 9.17) is 37.0 Å². The smallest absolute Gasteiger partial charge is 0.462 e. The summed E-state index contributed by atoms with van der Waals surface area (Å²) in [7, 11) is -9.92. The molecule has 0 aliphatic carbocycles. The number of rotatable bonds is 80. The molecule has 0 rings (SSSR count). The number of ether oxygens (including phenoxy) is 4. The summed E-state index contributed by atoms with van der Waals surface area (Å²) in [6.07, 6.45) is 62.6. The third-order valence-electron chi connectivity index (χ3n) is 19.0. The number of hydrogen-bond acceptors (Lipinski definition) is 15. The first kappa shape index (κ1) is 98.1. The fraction of sp³-hybridized carbons (Fsp3) is 0.951. The standard InChI is InChI=1S/C81H158O17P2/c1-7-9-11-13-15-17-19-21-23-24-25-26-27-28-29-31-33-35-39-47-53-59-65-80(85)97-76(69-91-78(83)63-57-51-45-38-34-32-30-22-20-18-16-14-12-10-8-2)71-95-99(87,88)93-67-75(82)68-94-100(89,90)96-72-77(70-92-79(84)64-58-52-46-42-41-44-50-56-62-74(5)6)98-81(86)66-60-54-48-40-36-37-43-49-55-61-73(3)4/h73-77,82H,7-72H2,1-6H3,(H,87,88)(H,89,90)/t75-,76-,77-/m1/s1. The first-order chi connectivity index (χ1) is 48.4. The summed E-state index contributed by atoms with van der Waals surface area (Å²) in [6, 6.07) is 0. The Morgan fingerprint density at radius 1 is 0.270 bits per heavy atom. The minimum absolute atomic E-state index is 0.105. The molecule has 0 spiro atoms. The van der Waals surface area contributed by atoms with Crippen LogP contribution in [0.4, 0.5) is 0 Å². The molecule has 594 valence electrons. The number of hydrogen-bond donors (Lipinski definition) is 3. The van der Waals surface area contributed by atoms with Crippen molar-refractivity contribution in [3.05, 3.63) is 0 Å². The first-order valence-corrected chi connectivity index (χ1v) is 45.0. The number of phosphoric ester groups is 2. The Kier molecular flexibility index (Phi) is 71.2. The van der Waals surface area contributed by atoms with Crippen molar-refractivity contribution in [2.75, 3.05) is 39.6 Å². The lowest BCUT2D eigenvalue weighted by atomic mass is 10.0. The van der Waals surface area contributed by atoms with E-state index >= 15 is 0 Å². The Morgan fingerprint density at radius 2 is 0.460 bits per heavy atom. The molecular formula is C81H158O17P2. The molecule has 0 aromatic carbocycles. The topological polar surface area (TPSA) is 237 Å². The lowest BCUT2D eigenvalue weighted by Crippen LogP contribution is -2.30. The van der Waals surface area contributed by atoms with Gasteiger partial charge in [-0.1, -0.05) is 375 Å². The summed E-state index contributed by atoms with van der Waals surface area (Å²) >= 11 is 0. The average molecular weight is 1470 g/mol. The predicted molar refractivity (Wildman–Crippen MR) is 409 cm³/mol. The summed E-state index contributed by atoms with van der Waals surface area (Å²) < 4.78 is 68.7. The zero-order valence-electron chi connectivity index (χ0n) is 65.5. The highest BCUT2D eigenvalue weighted by Crippen LogP contribution is 2.45. The molecule has 19 heteroatoms. The maximum atomic E-state index is 13.1. The van der Waals surface area contributed by atoms with Gasteiger partial charge in [0.2, 0.25) is 0 Å². The molecule has 100 heavy (non-hydrogen) atoms. The molecule has 0 fully saturated rings. The molecule has 0 aliphatic heterocycles. The fourth-order valence-corrected chi connectivity index (χ4v) is 14.1. The van der Waals surface area contributed by atoms with Crippen molar-refractivity contribution in [3.8, 4) is 0 Å². The van der Waals surface area contributed by atoms with Gasteiger partial charge in [0.05, 0.1) is 26.4 Å². The second kappa shape index (κ2) is 72.6. The molecule has 5 atom stereocenters. The van der Waals surface area contributed by atoms with Gasteiger partial charge in [0.1, 0.15) is 19.3 Å². The Balaban J connectivity index is 5.21. The molecule has 0 saturated carbocycles. The minimum atomic E-state index is -4.96. The van der Waals surface area contributed by atoms with Crippen LogP contribution in [0, 0.1) is 11.8 Å². The quantitative estimate of drug-likeness (QED) is 0.0222. The summed E-state index contributed by atoms with van der Waals surface area (Å²) in [6.45, 7) is 9.57. The van der Waals surface area contributed by atoms with E-state index in [9.17, 15) is 43.2 Å². The van der Waals surface area contributed by atoms with Gasteiger partial charge in [-0.25, -0.2) is 9.13 Å². The van der Waals surface area contributed by atoms with Gasteiger partial charge in [-0.15, -0.1) is 0 Å². The largest absolute Gasteiger partial charge is 0.472 e. The third kappa shape index (κ3) is 74.3. The van der Waals surface area contributed by atoms with Gasteiger partial charge in [-0.2, -0.15) is 0 Å². The number of aliphatic hydroxyl groups excluding tert-OH is 1. The molecule has 0 bridgehead atoms. The summed E-state index contributed by atoms with van der Waals surface area (Å²) in [5.41, 5.74) is 0. The highest BCUT2D eigenvalue weighted by molar-refractivity contribution is 7.47. The Hall–Kier alpha value is -1.94. The van der Waals surface area contributed by atoms with Crippen LogP contribution in [0.25, 0.3) is 0 Å². The van der Waals surface area contributed by atoms with E-state index in [1.165, 1.54) is 244 Å². The SMILES string of the molecule is CCCCCCCCCCCCCCCCCCCCCCCCC(=O)O[C@H](COC(=O)CCCCCCCCCCCCCCCCC)COP(=O)(O)OC[C@@H](O)COP(=O)(O)OC[C@@H](COC(=O)CCCCCCCCCCC(C)C)OC(=O)CCCCCCCCCCCC(C)C. The third-order valence-corrected chi connectivity index (χ3v) is 20.9. The van der Waals surface area contributed by atoms with Gasteiger partial charge < -0.3 is 33.8 Å². The van der Waals surface area contributed by atoms with Crippen molar-refractivity contribution in [2.24, 2.45) is 11.8 Å². The van der Waals surface area contributed by atoms with E-state index in [0.29, 0.717) is 25.7 Å². The molecule has 0 aromatic heterocycles. The number of unbranched alkanes of at least 4 members (excludes halogenated alkanes) is 50. The number of carbonyl (C=O) groups excluding carboxylic acids is 4. The van der Waals surface area contributed by atoms with E-state index in [1.807, 2.05) is 0 Å². The summed E-state index contributed by atoms with van der Waals surface area (Å²) in [5, 5.41) is 10.6. The maximum absolute atomic E-state index is 13.1. The van der Waals surface area contributed by atoms with Crippen molar-refractivity contribution in [2.45, 2.75) is 445 Å². The summed E-state index contributed by atoms with van der Waals surface area (Å²) in [4.78, 5) is 73.0. The second-order valence-corrected chi connectivity index (χ2v) is 33.0. The van der Waals surface area contributed by atoms with Gasteiger partial charge in [-0.05, 0) is 37.5 Å². The number of carbonyl (C=O) groups is 4. The predicted octanol–water partition coefficient (Wildman–Crippen LogP) is 24.3. The Morgan fingerprint density at radius 3 is 0.680 bits per heavy atom. The molecule has 0 aromatic rings. The maximum Gasteiger partial charge on any atom is 0.472 e. The van der Waals surface area contributed by atoms with Crippen LogP contribution in [-0.4, -0.2) is 96.7 Å². The van der Waals surface area contributed by atoms with Crippen LogP contribution in [0.3, 0.4) is 0 Å². The van der Waals surface area contributed by atoms with Crippen LogP contribution in [0.1, 0.15) is 427 Å². The van der Waals surface area contributed by atoms with Gasteiger partial charge in [0, 0.05) is 25.7 Å². The van der Waals surface area contributed by atoms with E-state index in [2.05, 4.69) is 41.5 Å². The fourth-order valence-electron chi connectivity index (χ4n) is 12.5. The highest BCUT2D eigenvalue weighted by Gasteiger charge is 2.30. The van der Waals surface area contributed by atoms with Crippen LogP contribution in [0.5, 0.6) is 0 Å². The zero-order valence-corrected chi connectivity index (χ0v) is 67.3. The van der Waals surface area contributed by atoms with E-state index < -0.39 is 97.5 Å². The van der Waals surface area contributed by atoms with Crippen molar-refractivity contribution in [1.29, 1.82) is 0 Å². The summed E-state index contributed by atoms with van der Waals surface area (Å²) in [5.74, 6) is -0.648. The van der Waals surface area contributed by atoms with E-state index in [1.54, 1.807) is 0 Å². The highest BCUT2D eigenvalue weighted by atomic mass is 31.2. The second-order valence-electron chi connectivity index (χ2n) is 30.1. The molecule has 0 aliphatic rings. The van der Waals surface area contributed by atoms with Gasteiger partial charge in [0.25, 0.3) is 0 Å². The molecule has 17 nitrogen and oxygen atoms in total. The van der Waals surface area contributed by atoms with Crippen LogP contribution in [-0.2, 0) is 65.4 Å². The van der Waals surface area contributed by atoms with E-state index in [-0.39, 0.29) is 25.7 Å². The van der Waals surface area contributed by atoms with Crippen molar-refractivity contribution in [1.82, 2.24) is 0 Å². The van der Waals surface area contributed by atoms with Crippen LogP contribution < -0.4 is 0 Å². The zero-order chi connectivity index (χ0) is 73.5. The Bertz CT molecular complexity index is 1920. The number of phosphoric acid groups is 2. The van der Waals surface area contributed by atoms with Crippen LogP contribution >= 0.6 is 15.6 Å². The molecule has 3 N–H and O–H groups in total. The lowest BCUT2D eigenvalue weighted by Gasteiger charge is -2.21. The van der Waals surface area contributed by atoms with Crippen molar-refractivity contribution in [3.63, 3.8) is 0 Å². The average Bonchev–Trinajstić information content (AvgIpc) is 0.918. The molecule has 0 radical (unpaired) electrons. The van der Waals surface area contributed by atoms with Gasteiger partial charge in [0.15, 0.2) is 12.2 Å². The normalized spacial score (nSPS) is 13.9. The molecule has 0 amide bonds. The Labute approximate surface area is 613 Å². The lowest BCUT2D eigenvalue weighted by molar-refractivity contribution is -0.161. The molecule has 0 saturated heterocycles. The van der Waals surface area contributed by atoms with Crippen molar-refractivity contribution >= 4 is 39.5 Å². The molecular weight excluding hydrogens is 1310 g/mol. The first-order valence-electron chi connectivity index (χ1n) is 42.0. The monoisotopic (exact) mass is 1470 g/mol. The van der Waals surface area contributed by atoms with Crippen LogP contribution in [0.15, 0.2) is 0 Å². The minimum Gasteiger partial charge on any atom is -0.462 e. The van der Waals surface area contributed by atoms with E-state index in [0.717, 1.165) is 102 Å².